The van der Waals surface area contributed by atoms with Crippen LogP contribution in [0.4, 0.5) is 0 Å². The van der Waals surface area contributed by atoms with E-state index in [0.29, 0.717) is 5.75 Å². The molecule has 0 aliphatic carbocycles. The van der Waals surface area contributed by atoms with E-state index in [1.807, 2.05) is 0 Å². The zero-order chi connectivity index (χ0) is 20.6. The predicted octanol–water partition coefficient (Wildman–Crippen LogP) is -0.588. The Morgan fingerprint density at radius 1 is 1.26 bits per heavy atom. The van der Waals surface area contributed by atoms with E-state index in [1.54, 1.807) is 38.3 Å². The average Bonchev–Trinajstić information content (AvgIpc) is 2.63. The number of rotatable bonds is 10. The molecule has 1 aromatic rings. The first-order valence-corrected chi connectivity index (χ1v) is 10.2. The van der Waals surface area contributed by atoms with Crippen molar-refractivity contribution in [2.45, 2.75) is 19.5 Å². The lowest BCUT2D eigenvalue weighted by atomic mass is 10.1. The zero-order valence-electron chi connectivity index (χ0n) is 16.0. The van der Waals surface area contributed by atoms with Crippen molar-refractivity contribution >= 4 is 21.8 Å². The van der Waals surface area contributed by atoms with E-state index in [4.69, 9.17) is 9.84 Å². The quantitative estimate of drug-likeness (QED) is 0.541. The number of amides is 2. The van der Waals surface area contributed by atoms with E-state index in [9.17, 15) is 18.0 Å². The monoisotopic (exact) mass is 401 g/mol. The highest BCUT2D eigenvalue weighted by atomic mass is 32.2. The number of hydrogen-bond donors (Lipinski definition) is 2. The Balaban J connectivity index is 3.02. The first-order valence-electron chi connectivity index (χ1n) is 8.32. The maximum Gasteiger partial charge on any atom is 0.242 e. The Hall–Kier alpha value is -2.17. The molecule has 0 aliphatic heterocycles. The molecular weight excluding hydrogens is 374 g/mol. The normalized spacial score (nSPS) is 12.5. The first kappa shape index (κ1) is 22.9. The van der Waals surface area contributed by atoms with Crippen LogP contribution in [0.3, 0.4) is 0 Å². The van der Waals surface area contributed by atoms with Gasteiger partial charge in [0.1, 0.15) is 11.8 Å². The van der Waals surface area contributed by atoms with Gasteiger partial charge in [0.2, 0.25) is 21.8 Å². The van der Waals surface area contributed by atoms with Crippen LogP contribution >= 0.6 is 0 Å². The SMILES string of the molecule is COc1ccc(CN(C(=O)CN(C)S(C)(=O)=O)[C@H](C)C(=O)NCCO)cc1. The summed E-state index contributed by atoms with van der Waals surface area (Å²) in [4.78, 5) is 26.3. The first-order chi connectivity index (χ1) is 12.6. The molecule has 2 amide bonds. The fourth-order valence-corrected chi connectivity index (χ4v) is 2.58. The number of carbonyl (C=O) groups is 2. The summed E-state index contributed by atoms with van der Waals surface area (Å²) in [6, 6.07) is 6.14. The van der Waals surface area contributed by atoms with Crippen molar-refractivity contribution in [2.75, 3.05) is 40.1 Å². The Labute approximate surface area is 160 Å². The van der Waals surface area contributed by atoms with Crippen molar-refractivity contribution in [3.63, 3.8) is 0 Å². The molecule has 1 aromatic carbocycles. The predicted molar refractivity (Wildman–Crippen MR) is 101 cm³/mol. The molecule has 0 radical (unpaired) electrons. The number of likely N-dealkylation sites (N-methyl/N-ethyl adjacent to an activating group) is 1. The Morgan fingerprint density at radius 2 is 1.85 bits per heavy atom. The summed E-state index contributed by atoms with van der Waals surface area (Å²) in [6.45, 7) is 1.13. The van der Waals surface area contributed by atoms with Gasteiger partial charge in [-0.2, -0.15) is 4.31 Å². The Morgan fingerprint density at radius 3 is 2.33 bits per heavy atom. The number of benzene rings is 1. The van der Waals surface area contributed by atoms with Gasteiger partial charge in [0.25, 0.3) is 0 Å². The molecule has 0 fully saturated rings. The van der Waals surface area contributed by atoms with Crippen LogP contribution in [0.1, 0.15) is 12.5 Å². The van der Waals surface area contributed by atoms with E-state index in [2.05, 4.69) is 5.32 Å². The maximum atomic E-state index is 12.7. The second kappa shape index (κ2) is 10.2. The summed E-state index contributed by atoms with van der Waals surface area (Å²) in [5, 5.41) is 11.4. The third-order valence-electron chi connectivity index (χ3n) is 4.01. The van der Waals surface area contributed by atoms with Gasteiger partial charge in [-0.3, -0.25) is 9.59 Å². The van der Waals surface area contributed by atoms with Gasteiger partial charge >= 0.3 is 0 Å². The van der Waals surface area contributed by atoms with Crippen molar-refractivity contribution < 1.29 is 27.9 Å². The van der Waals surface area contributed by atoms with Gasteiger partial charge in [0.15, 0.2) is 0 Å². The van der Waals surface area contributed by atoms with E-state index >= 15 is 0 Å². The molecule has 0 aliphatic rings. The van der Waals surface area contributed by atoms with E-state index < -0.39 is 27.9 Å². The summed E-state index contributed by atoms with van der Waals surface area (Å²) in [5.74, 6) is -0.291. The van der Waals surface area contributed by atoms with E-state index in [0.717, 1.165) is 16.1 Å². The molecule has 0 saturated heterocycles. The fourth-order valence-electron chi connectivity index (χ4n) is 2.24. The minimum absolute atomic E-state index is 0.0665. The van der Waals surface area contributed by atoms with Crippen molar-refractivity contribution in [1.82, 2.24) is 14.5 Å². The molecule has 27 heavy (non-hydrogen) atoms. The number of carbonyl (C=O) groups excluding carboxylic acids is 2. The summed E-state index contributed by atoms with van der Waals surface area (Å²) in [6.07, 6.45) is 1.01. The second-order valence-corrected chi connectivity index (χ2v) is 8.17. The lowest BCUT2D eigenvalue weighted by molar-refractivity contribution is -0.140. The van der Waals surface area contributed by atoms with Crippen LogP contribution in [-0.2, 0) is 26.2 Å². The molecule has 0 unspecified atom stereocenters. The third kappa shape index (κ3) is 7.16. The fraction of sp³-hybridized carbons (Fsp3) is 0.529. The van der Waals surface area contributed by atoms with Crippen LogP contribution in [0.15, 0.2) is 24.3 Å². The number of sulfonamides is 1. The molecule has 0 saturated carbocycles. The third-order valence-corrected chi connectivity index (χ3v) is 5.28. The van der Waals surface area contributed by atoms with Crippen molar-refractivity contribution in [3.05, 3.63) is 29.8 Å². The molecule has 0 spiro atoms. The number of hydrogen-bond acceptors (Lipinski definition) is 6. The summed E-state index contributed by atoms with van der Waals surface area (Å²) in [5.41, 5.74) is 0.757. The van der Waals surface area contributed by atoms with Crippen molar-refractivity contribution in [2.24, 2.45) is 0 Å². The van der Waals surface area contributed by atoms with E-state index in [1.165, 1.54) is 11.9 Å². The Kier molecular flexibility index (Phi) is 8.67. The van der Waals surface area contributed by atoms with Crippen molar-refractivity contribution in [3.8, 4) is 5.75 Å². The number of nitrogens with zero attached hydrogens (tertiary/aromatic N) is 2. The van der Waals surface area contributed by atoms with Crippen molar-refractivity contribution in [1.29, 1.82) is 0 Å². The highest BCUT2D eigenvalue weighted by molar-refractivity contribution is 7.88. The van der Waals surface area contributed by atoms with Gasteiger partial charge in [-0.25, -0.2) is 8.42 Å². The standard InChI is InChI=1S/C17H27N3O6S/c1-13(17(23)18-9-10-21)20(16(22)12-19(2)27(4,24)25)11-14-5-7-15(26-3)8-6-14/h5-8,13,21H,9-12H2,1-4H3,(H,18,23)/t13-/m1/s1. The molecular formula is C17H27N3O6S. The molecule has 0 heterocycles. The highest BCUT2D eigenvalue weighted by Gasteiger charge is 2.28. The largest absolute Gasteiger partial charge is 0.497 e. The van der Waals surface area contributed by atoms with Crippen LogP contribution < -0.4 is 10.1 Å². The number of nitrogens with one attached hydrogen (secondary N) is 1. The molecule has 0 aromatic heterocycles. The van der Waals surface area contributed by atoms with E-state index in [-0.39, 0.29) is 26.2 Å². The zero-order valence-corrected chi connectivity index (χ0v) is 16.8. The van der Waals surface area contributed by atoms with Crippen LogP contribution in [0.5, 0.6) is 5.75 Å². The molecule has 1 rings (SSSR count). The smallest absolute Gasteiger partial charge is 0.242 e. The minimum atomic E-state index is -3.54. The van der Waals surface area contributed by atoms with Gasteiger partial charge < -0.3 is 20.1 Å². The van der Waals surface area contributed by atoms with Gasteiger partial charge in [-0.05, 0) is 24.6 Å². The maximum absolute atomic E-state index is 12.7. The number of methoxy groups -OCH3 is 1. The second-order valence-electron chi connectivity index (χ2n) is 6.08. The topological polar surface area (TPSA) is 116 Å². The van der Waals surface area contributed by atoms with Gasteiger partial charge in [0, 0.05) is 20.1 Å². The summed E-state index contributed by atoms with van der Waals surface area (Å²) >= 11 is 0. The summed E-state index contributed by atoms with van der Waals surface area (Å²) in [7, 11) is -0.696. The highest BCUT2D eigenvalue weighted by Crippen LogP contribution is 2.15. The van der Waals surface area contributed by atoms with Gasteiger partial charge in [-0.1, -0.05) is 12.1 Å². The number of ether oxygens (including phenoxy) is 1. The molecule has 2 N–H and O–H groups in total. The van der Waals surface area contributed by atoms with Crippen LogP contribution in [0.2, 0.25) is 0 Å². The molecule has 9 nitrogen and oxygen atoms in total. The minimum Gasteiger partial charge on any atom is -0.497 e. The van der Waals surface area contributed by atoms with Crippen LogP contribution in [0.25, 0.3) is 0 Å². The molecule has 0 bridgehead atoms. The van der Waals surface area contributed by atoms with Crippen LogP contribution in [-0.4, -0.2) is 80.7 Å². The number of aliphatic hydroxyl groups is 1. The molecule has 152 valence electrons. The lowest BCUT2D eigenvalue weighted by Crippen LogP contribution is -2.50. The van der Waals surface area contributed by atoms with Crippen LogP contribution in [0, 0.1) is 0 Å². The van der Waals surface area contributed by atoms with Gasteiger partial charge in [0.05, 0.1) is 26.5 Å². The average molecular weight is 401 g/mol. The number of aliphatic hydroxyl groups excluding tert-OH is 1. The molecule has 1 atom stereocenters. The Bertz CT molecular complexity index is 736. The summed E-state index contributed by atoms with van der Waals surface area (Å²) < 4.78 is 29.2. The lowest BCUT2D eigenvalue weighted by Gasteiger charge is -2.30. The van der Waals surface area contributed by atoms with Gasteiger partial charge in [-0.15, -0.1) is 0 Å². The molecule has 10 heteroatoms.